The number of fused-ring (bicyclic) bond motifs is 1. The molecule has 1 fully saturated rings. The van der Waals surface area contributed by atoms with Gasteiger partial charge < -0.3 is 15.2 Å². The molecule has 5 aromatic rings. The lowest BCUT2D eigenvalue weighted by Gasteiger charge is -2.29. The molecule has 6 nitrogen and oxygen atoms in total. The van der Waals surface area contributed by atoms with Crippen molar-refractivity contribution in [3.8, 4) is 22.3 Å². The Labute approximate surface area is 215 Å². The number of nitrogens with one attached hydrogen (secondary N) is 2. The first-order valence-electron chi connectivity index (χ1n) is 12.4. The molecule has 6 rings (SSSR count). The normalized spacial score (nSPS) is 14.0. The van der Waals surface area contributed by atoms with Crippen molar-refractivity contribution in [2.45, 2.75) is 20.4 Å². The third-order valence-electron chi connectivity index (χ3n) is 7.09. The monoisotopic (exact) mass is 496 g/mol. The number of piperazine rings is 1. The van der Waals surface area contributed by atoms with E-state index in [0.717, 1.165) is 75.9 Å². The predicted molar refractivity (Wildman–Crippen MR) is 148 cm³/mol. The summed E-state index contributed by atoms with van der Waals surface area (Å²) in [4.78, 5) is 10.5. The average Bonchev–Trinajstić information content (AvgIpc) is 3.43. The highest BCUT2D eigenvalue weighted by Crippen LogP contribution is 2.35. The fourth-order valence-electron chi connectivity index (χ4n) is 5.20. The Morgan fingerprint density at radius 3 is 2.56 bits per heavy atom. The predicted octanol–water partition coefficient (Wildman–Crippen LogP) is 5.82. The first-order valence-corrected chi connectivity index (χ1v) is 12.8. The highest BCUT2D eigenvalue weighted by molar-refractivity contribution is 6.30. The van der Waals surface area contributed by atoms with E-state index in [1.807, 2.05) is 24.4 Å². The SMILES string of the molecule is Cc1nn(Cc2cccc(Cl)c2)c(C)c1-c1c[nH]c2ncc(-c3ccc(N4CCNCC4)cc3)cc12. The maximum Gasteiger partial charge on any atom is 0.137 e. The summed E-state index contributed by atoms with van der Waals surface area (Å²) in [5, 5.41) is 10.1. The number of hydrogen-bond acceptors (Lipinski definition) is 4. The maximum atomic E-state index is 6.20. The lowest BCUT2D eigenvalue weighted by molar-refractivity contribution is 0.589. The highest BCUT2D eigenvalue weighted by Gasteiger charge is 2.18. The van der Waals surface area contributed by atoms with Crippen molar-refractivity contribution in [1.29, 1.82) is 0 Å². The summed E-state index contributed by atoms with van der Waals surface area (Å²) >= 11 is 6.20. The van der Waals surface area contributed by atoms with Crippen molar-refractivity contribution < 1.29 is 0 Å². The van der Waals surface area contributed by atoms with Gasteiger partial charge in [0.1, 0.15) is 5.65 Å². The number of hydrogen-bond donors (Lipinski definition) is 2. The van der Waals surface area contributed by atoms with Gasteiger partial charge in [0.25, 0.3) is 0 Å². The Bertz CT molecular complexity index is 1530. The van der Waals surface area contributed by atoms with Crippen molar-refractivity contribution in [2.75, 3.05) is 31.1 Å². The molecular formula is C29H29ClN6. The van der Waals surface area contributed by atoms with Crippen molar-refractivity contribution in [2.24, 2.45) is 0 Å². The summed E-state index contributed by atoms with van der Waals surface area (Å²) in [7, 11) is 0. The van der Waals surface area contributed by atoms with E-state index >= 15 is 0 Å². The van der Waals surface area contributed by atoms with Gasteiger partial charge in [-0.15, -0.1) is 0 Å². The lowest BCUT2D eigenvalue weighted by Crippen LogP contribution is -2.43. The van der Waals surface area contributed by atoms with E-state index in [9.17, 15) is 0 Å². The van der Waals surface area contributed by atoms with Crippen LogP contribution in [0.1, 0.15) is 17.0 Å². The van der Waals surface area contributed by atoms with E-state index in [-0.39, 0.29) is 0 Å². The van der Waals surface area contributed by atoms with Crippen LogP contribution >= 0.6 is 11.6 Å². The van der Waals surface area contributed by atoms with Crippen molar-refractivity contribution >= 4 is 28.3 Å². The summed E-state index contributed by atoms with van der Waals surface area (Å²) in [6, 6.07) is 19.0. The molecule has 1 aliphatic rings. The number of aromatic amines is 1. The fourth-order valence-corrected chi connectivity index (χ4v) is 5.42. The molecule has 1 saturated heterocycles. The molecule has 0 saturated carbocycles. The van der Waals surface area contributed by atoms with Crippen LogP contribution in [-0.2, 0) is 6.54 Å². The van der Waals surface area contributed by atoms with Crippen LogP contribution in [0.25, 0.3) is 33.3 Å². The van der Waals surface area contributed by atoms with Crippen LogP contribution in [0.2, 0.25) is 5.02 Å². The van der Waals surface area contributed by atoms with Crippen LogP contribution in [-0.4, -0.2) is 45.9 Å². The summed E-state index contributed by atoms with van der Waals surface area (Å²) in [5.74, 6) is 0. The minimum Gasteiger partial charge on any atom is -0.369 e. The minimum absolute atomic E-state index is 0.679. The number of pyridine rings is 1. The Balaban J connectivity index is 1.33. The van der Waals surface area contributed by atoms with Gasteiger partial charge in [-0.25, -0.2) is 4.98 Å². The van der Waals surface area contributed by atoms with Gasteiger partial charge in [-0.05, 0) is 55.3 Å². The Kier molecular flexibility index (Phi) is 5.99. The molecule has 4 heterocycles. The van der Waals surface area contributed by atoms with Gasteiger partial charge >= 0.3 is 0 Å². The molecule has 36 heavy (non-hydrogen) atoms. The van der Waals surface area contributed by atoms with Crippen molar-refractivity contribution in [1.82, 2.24) is 25.1 Å². The molecular weight excluding hydrogens is 468 g/mol. The molecule has 0 radical (unpaired) electrons. The zero-order valence-corrected chi connectivity index (χ0v) is 21.3. The van der Waals surface area contributed by atoms with Gasteiger partial charge in [-0.2, -0.15) is 5.10 Å². The summed E-state index contributed by atoms with van der Waals surface area (Å²) in [6.07, 6.45) is 4.00. The molecule has 1 aliphatic heterocycles. The second-order valence-electron chi connectivity index (χ2n) is 9.44. The van der Waals surface area contributed by atoms with Crippen LogP contribution < -0.4 is 10.2 Å². The zero-order valence-electron chi connectivity index (χ0n) is 20.6. The van der Waals surface area contributed by atoms with Crippen LogP contribution in [0.3, 0.4) is 0 Å². The number of aryl methyl sites for hydroxylation is 1. The quantitative estimate of drug-likeness (QED) is 0.322. The number of halogens is 1. The fraction of sp³-hybridized carbons (Fsp3) is 0.241. The van der Waals surface area contributed by atoms with E-state index < -0.39 is 0 Å². The van der Waals surface area contributed by atoms with E-state index in [2.05, 4.69) is 76.3 Å². The Morgan fingerprint density at radius 2 is 1.78 bits per heavy atom. The van der Waals surface area contributed by atoms with Gasteiger partial charge in [0, 0.05) is 77.1 Å². The van der Waals surface area contributed by atoms with Gasteiger partial charge in [0.2, 0.25) is 0 Å². The molecule has 0 spiro atoms. The zero-order chi connectivity index (χ0) is 24.6. The van der Waals surface area contributed by atoms with E-state index in [1.165, 1.54) is 11.3 Å². The molecule has 0 amide bonds. The largest absolute Gasteiger partial charge is 0.369 e. The second kappa shape index (κ2) is 9.45. The number of aromatic nitrogens is 4. The third-order valence-corrected chi connectivity index (χ3v) is 7.32. The summed E-state index contributed by atoms with van der Waals surface area (Å²) in [5.41, 5.74) is 9.97. The number of nitrogens with zero attached hydrogens (tertiary/aromatic N) is 4. The summed E-state index contributed by atoms with van der Waals surface area (Å²) < 4.78 is 2.06. The minimum atomic E-state index is 0.679. The Morgan fingerprint density at radius 1 is 0.972 bits per heavy atom. The number of anilines is 1. The molecule has 7 heteroatoms. The maximum absolute atomic E-state index is 6.20. The Hall–Kier alpha value is -3.61. The number of rotatable bonds is 5. The van der Waals surface area contributed by atoms with Crippen LogP contribution in [0.4, 0.5) is 5.69 Å². The molecule has 0 bridgehead atoms. The standard InChI is InChI=1S/C29H29ClN6/c1-19-28(20(2)36(34-19)18-21-4-3-5-24(30)14-21)27-17-33-29-26(27)15-23(16-32-29)22-6-8-25(9-7-22)35-12-10-31-11-13-35/h3-9,14-17,31H,10-13,18H2,1-2H3,(H,32,33). The van der Waals surface area contributed by atoms with Gasteiger partial charge in [-0.1, -0.05) is 35.9 Å². The number of H-pyrrole nitrogens is 1. The van der Waals surface area contributed by atoms with E-state index in [4.69, 9.17) is 21.7 Å². The molecule has 3 aromatic heterocycles. The average molecular weight is 497 g/mol. The number of benzene rings is 2. The second-order valence-corrected chi connectivity index (χ2v) is 9.88. The first-order chi connectivity index (χ1) is 17.6. The van der Waals surface area contributed by atoms with Crippen LogP contribution in [0.15, 0.2) is 67.0 Å². The lowest BCUT2D eigenvalue weighted by atomic mass is 10.0. The van der Waals surface area contributed by atoms with Crippen molar-refractivity contribution in [3.05, 3.63) is 89.0 Å². The van der Waals surface area contributed by atoms with Gasteiger partial charge in [0.15, 0.2) is 0 Å². The highest BCUT2D eigenvalue weighted by atomic mass is 35.5. The van der Waals surface area contributed by atoms with Crippen LogP contribution in [0.5, 0.6) is 0 Å². The van der Waals surface area contributed by atoms with E-state index in [0.29, 0.717) is 6.54 Å². The van der Waals surface area contributed by atoms with Crippen molar-refractivity contribution in [3.63, 3.8) is 0 Å². The van der Waals surface area contributed by atoms with Gasteiger partial charge in [-0.3, -0.25) is 4.68 Å². The molecule has 2 aromatic carbocycles. The molecule has 182 valence electrons. The molecule has 0 atom stereocenters. The van der Waals surface area contributed by atoms with E-state index in [1.54, 1.807) is 0 Å². The third kappa shape index (κ3) is 4.27. The van der Waals surface area contributed by atoms with Gasteiger partial charge in [0.05, 0.1) is 12.2 Å². The molecule has 0 aliphatic carbocycles. The molecule has 2 N–H and O–H groups in total. The molecule has 0 unspecified atom stereocenters. The topological polar surface area (TPSA) is 61.8 Å². The first kappa shape index (κ1) is 22.8. The van der Waals surface area contributed by atoms with Crippen LogP contribution in [0, 0.1) is 13.8 Å². The smallest absolute Gasteiger partial charge is 0.137 e. The summed E-state index contributed by atoms with van der Waals surface area (Å²) in [6.45, 7) is 9.04.